The van der Waals surface area contributed by atoms with E-state index in [-0.39, 0.29) is 5.54 Å². The van der Waals surface area contributed by atoms with Gasteiger partial charge in [0.25, 0.3) is 0 Å². The summed E-state index contributed by atoms with van der Waals surface area (Å²) in [6, 6.07) is 0. The molecular formula is C7H8BrIN2OS. The van der Waals surface area contributed by atoms with Gasteiger partial charge in [-0.15, -0.1) is 0 Å². The zero-order valence-electron chi connectivity index (χ0n) is 6.74. The van der Waals surface area contributed by atoms with Gasteiger partial charge in [-0.3, -0.25) is 4.68 Å². The fourth-order valence-electron chi connectivity index (χ4n) is 1.28. The second kappa shape index (κ2) is 4.08. The second-order valence-electron chi connectivity index (χ2n) is 3.15. The molecule has 6 heteroatoms. The summed E-state index contributed by atoms with van der Waals surface area (Å²) in [6.45, 7) is 0.745. The van der Waals surface area contributed by atoms with Crippen LogP contribution >= 0.6 is 46.3 Å². The van der Waals surface area contributed by atoms with E-state index in [0.29, 0.717) is 0 Å². The first-order valence-corrected chi connectivity index (χ1v) is 7.95. The maximum Gasteiger partial charge on any atom is 0.0876 e. The van der Waals surface area contributed by atoms with Crippen LogP contribution in [0.4, 0.5) is 0 Å². The molecule has 3 nitrogen and oxygen atoms in total. The van der Waals surface area contributed by atoms with E-state index in [1.807, 2.05) is 17.1 Å². The summed E-state index contributed by atoms with van der Waals surface area (Å²) < 4.78 is 8.38. The first-order valence-electron chi connectivity index (χ1n) is 3.88. The Morgan fingerprint density at radius 3 is 3.00 bits per heavy atom. The van der Waals surface area contributed by atoms with E-state index in [0.717, 1.165) is 11.1 Å². The summed E-state index contributed by atoms with van der Waals surface area (Å²) in [7, 11) is 1.39. The highest BCUT2D eigenvalue weighted by Gasteiger charge is 2.46. The number of hydrogen-bond donors (Lipinski definition) is 0. The van der Waals surface area contributed by atoms with Crippen LogP contribution in [0.3, 0.4) is 0 Å². The molecule has 1 aromatic rings. The Kier molecular flexibility index (Phi) is 3.22. The summed E-state index contributed by atoms with van der Waals surface area (Å²) in [5, 5.41) is 4.28. The highest BCUT2D eigenvalue weighted by molar-refractivity contribution is 14.2. The van der Waals surface area contributed by atoms with Crippen molar-refractivity contribution in [1.29, 1.82) is 0 Å². The third-order valence-electron chi connectivity index (χ3n) is 2.24. The van der Waals surface area contributed by atoms with E-state index in [2.05, 4.69) is 42.2 Å². The average Bonchev–Trinajstić information content (AvgIpc) is 2.80. The molecule has 0 aromatic carbocycles. The smallest absolute Gasteiger partial charge is 0.0876 e. The number of aromatic nitrogens is 2. The van der Waals surface area contributed by atoms with Crippen LogP contribution in [-0.4, -0.2) is 16.4 Å². The van der Waals surface area contributed by atoms with Gasteiger partial charge in [-0.25, -0.2) is 0 Å². The minimum absolute atomic E-state index is 0.143. The molecule has 0 spiro atoms. The lowest BCUT2D eigenvalue weighted by atomic mass is 10.3. The second-order valence-corrected chi connectivity index (χ2v) is 5.51. The van der Waals surface area contributed by atoms with Crippen molar-refractivity contribution in [3.05, 3.63) is 16.9 Å². The van der Waals surface area contributed by atoms with E-state index in [4.69, 9.17) is 4.18 Å². The molecule has 0 N–H and O–H groups in total. The lowest BCUT2D eigenvalue weighted by Gasteiger charge is -2.13. The summed E-state index contributed by atoms with van der Waals surface area (Å²) in [5.74, 6) is 0. The predicted octanol–water partition coefficient (Wildman–Crippen LogP) is 3.15. The van der Waals surface area contributed by atoms with Crippen LogP contribution in [0.5, 0.6) is 0 Å². The van der Waals surface area contributed by atoms with Gasteiger partial charge in [0.2, 0.25) is 0 Å². The molecule has 0 saturated heterocycles. The van der Waals surface area contributed by atoms with Crippen molar-refractivity contribution < 1.29 is 4.18 Å². The molecule has 0 atom stereocenters. The number of halogens is 2. The molecule has 0 aliphatic heterocycles. The van der Waals surface area contributed by atoms with Gasteiger partial charge in [-0.05, 0) is 28.8 Å². The molecule has 0 amide bonds. The van der Waals surface area contributed by atoms with E-state index in [1.165, 1.54) is 22.1 Å². The third-order valence-corrected chi connectivity index (χ3v) is 3.62. The van der Waals surface area contributed by atoms with Gasteiger partial charge < -0.3 is 4.18 Å². The van der Waals surface area contributed by atoms with Gasteiger partial charge in [0.15, 0.2) is 0 Å². The van der Waals surface area contributed by atoms with E-state index in [9.17, 15) is 0 Å². The van der Waals surface area contributed by atoms with Crippen molar-refractivity contribution in [2.24, 2.45) is 0 Å². The van der Waals surface area contributed by atoms with Crippen molar-refractivity contribution >= 4 is 46.3 Å². The number of hydrogen-bond acceptors (Lipinski definition) is 3. The Bertz CT molecular complexity index is 302. The summed E-state index contributed by atoms with van der Waals surface area (Å²) in [6.07, 6.45) is 6.15. The van der Waals surface area contributed by atoms with Crippen LogP contribution in [0.15, 0.2) is 16.9 Å². The van der Waals surface area contributed by atoms with Crippen molar-refractivity contribution in [1.82, 2.24) is 9.78 Å². The first-order chi connectivity index (χ1) is 6.27. The molecule has 1 aliphatic rings. The molecular weight excluding hydrogens is 367 g/mol. The summed E-state index contributed by atoms with van der Waals surface area (Å²) in [4.78, 5) is 0. The lowest BCUT2D eigenvalue weighted by molar-refractivity contribution is 0.258. The van der Waals surface area contributed by atoms with Crippen molar-refractivity contribution in [2.75, 3.05) is 6.61 Å². The first kappa shape index (κ1) is 10.3. The molecule has 72 valence electrons. The largest absolute Gasteiger partial charge is 0.303 e. The average molecular weight is 375 g/mol. The van der Waals surface area contributed by atoms with Gasteiger partial charge in [0, 0.05) is 27.4 Å². The molecule has 1 aliphatic carbocycles. The van der Waals surface area contributed by atoms with Crippen LogP contribution in [0.2, 0.25) is 0 Å². The maximum atomic E-state index is 5.35. The standard InChI is InChI=1S/C7H8BrIN2OS/c8-6-3-10-11(4-6)7(1-2-7)5-12-13-9/h3-4H,1-2,5H2. The number of rotatable bonds is 4. The van der Waals surface area contributed by atoms with Gasteiger partial charge in [-0.2, -0.15) is 5.10 Å². The monoisotopic (exact) mass is 374 g/mol. The Labute approximate surface area is 102 Å². The molecule has 1 heterocycles. The van der Waals surface area contributed by atoms with Crippen molar-refractivity contribution in [3.63, 3.8) is 0 Å². The van der Waals surface area contributed by atoms with Crippen LogP contribution in [0.25, 0.3) is 0 Å². The predicted molar refractivity (Wildman–Crippen MR) is 64.7 cm³/mol. The molecule has 1 saturated carbocycles. The molecule has 0 radical (unpaired) electrons. The zero-order chi connectivity index (χ0) is 9.31. The van der Waals surface area contributed by atoms with Gasteiger partial charge in [-0.1, -0.05) is 0 Å². The molecule has 0 unspecified atom stereocenters. The molecule has 1 fully saturated rings. The van der Waals surface area contributed by atoms with Gasteiger partial charge >= 0.3 is 0 Å². The third kappa shape index (κ3) is 2.21. The molecule has 0 bridgehead atoms. The fraction of sp³-hybridized carbons (Fsp3) is 0.571. The Morgan fingerprint density at radius 2 is 2.54 bits per heavy atom. The van der Waals surface area contributed by atoms with E-state index >= 15 is 0 Å². The van der Waals surface area contributed by atoms with Crippen LogP contribution in [0, 0.1) is 0 Å². The minimum atomic E-state index is 0.143. The van der Waals surface area contributed by atoms with E-state index in [1.54, 1.807) is 0 Å². The van der Waals surface area contributed by atoms with Crippen LogP contribution in [-0.2, 0) is 9.72 Å². The number of nitrogens with zero attached hydrogens (tertiary/aromatic N) is 2. The SMILES string of the molecule is Brc1cnn(C2(COSI)CC2)c1. The molecule has 13 heavy (non-hydrogen) atoms. The Hall–Kier alpha value is 0.730. The quantitative estimate of drug-likeness (QED) is 0.598. The van der Waals surface area contributed by atoms with Crippen LogP contribution < -0.4 is 0 Å². The maximum absolute atomic E-state index is 5.35. The summed E-state index contributed by atoms with van der Waals surface area (Å²) in [5.41, 5.74) is 0.143. The topological polar surface area (TPSA) is 27.1 Å². The van der Waals surface area contributed by atoms with Gasteiger partial charge in [0.1, 0.15) is 0 Å². The van der Waals surface area contributed by atoms with Crippen molar-refractivity contribution in [2.45, 2.75) is 18.4 Å². The van der Waals surface area contributed by atoms with E-state index < -0.39 is 0 Å². The Morgan fingerprint density at radius 1 is 1.77 bits per heavy atom. The van der Waals surface area contributed by atoms with Crippen LogP contribution in [0.1, 0.15) is 12.8 Å². The van der Waals surface area contributed by atoms with Gasteiger partial charge in [0.05, 0.1) is 32.0 Å². The lowest BCUT2D eigenvalue weighted by Crippen LogP contribution is -2.22. The minimum Gasteiger partial charge on any atom is -0.303 e. The fourth-order valence-corrected chi connectivity index (χ4v) is 2.21. The van der Waals surface area contributed by atoms with Crippen molar-refractivity contribution in [3.8, 4) is 0 Å². The highest BCUT2D eigenvalue weighted by Crippen LogP contribution is 2.44. The zero-order valence-corrected chi connectivity index (χ0v) is 11.3. The molecule has 1 aromatic heterocycles. The Balaban J connectivity index is 2.07. The normalized spacial score (nSPS) is 18.9. The highest BCUT2D eigenvalue weighted by atomic mass is 127. The summed E-state index contributed by atoms with van der Waals surface area (Å²) >= 11 is 5.53. The molecule has 2 rings (SSSR count).